The molecule has 0 spiro atoms. The molecule has 168 valence electrons. The average molecular weight is 451 g/mol. The molecule has 0 saturated heterocycles. The first kappa shape index (κ1) is 20.2. The second kappa shape index (κ2) is 7.59. The molecule has 2 heterocycles. The Hall–Kier alpha value is -4.39. The van der Waals surface area contributed by atoms with Crippen LogP contribution in [0.3, 0.4) is 0 Å². The number of H-pyrrole nitrogens is 1. The van der Waals surface area contributed by atoms with Gasteiger partial charge < -0.3 is 19.0 Å². The topological polar surface area (TPSA) is 86.2 Å². The first-order valence-electron chi connectivity index (χ1n) is 11.0. The average Bonchev–Trinajstić information content (AvgIpc) is 3.42. The molecule has 6 rings (SSSR count). The number of aromatic nitrogens is 3. The summed E-state index contributed by atoms with van der Waals surface area (Å²) in [5.41, 5.74) is 4.10. The van der Waals surface area contributed by atoms with Crippen LogP contribution in [0.25, 0.3) is 33.1 Å². The number of hydrogen-bond acceptors (Lipinski definition) is 5. The molecule has 0 aliphatic heterocycles. The van der Waals surface area contributed by atoms with Crippen LogP contribution in [0.15, 0.2) is 65.5 Å². The zero-order valence-corrected chi connectivity index (χ0v) is 18.7. The Morgan fingerprint density at radius 2 is 1.68 bits per heavy atom. The van der Waals surface area contributed by atoms with Gasteiger partial charge in [-0.15, -0.1) is 0 Å². The molecule has 3 aromatic carbocycles. The van der Waals surface area contributed by atoms with Crippen LogP contribution in [-0.4, -0.2) is 34.5 Å². The largest absolute Gasteiger partial charge is 0.493 e. The quantitative estimate of drug-likeness (QED) is 0.421. The monoisotopic (exact) mass is 451 g/mol. The summed E-state index contributed by atoms with van der Waals surface area (Å²) in [6, 6.07) is 18.7. The predicted molar refractivity (Wildman–Crippen MR) is 130 cm³/mol. The summed E-state index contributed by atoms with van der Waals surface area (Å²) >= 11 is 0. The maximum atomic E-state index is 13.9. The van der Waals surface area contributed by atoms with Gasteiger partial charge >= 0.3 is 0 Å². The van der Waals surface area contributed by atoms with Gasteiger partial charge in [-0.3, -0.25) is 9.59 Å². The molecule has 1 N–H and O–H groups in total. The number of methoxy groups -OCH3 is 2. The molecule has 0 fully saturated rings. The lowest BCUT2D eigenvalue weighted by Crippen LogP contribution is -2.25. The van der Waals surface area contributed by atoms with Crippen molar-refractivity contribution in [3.05, 3.63) is 88.0 Å². The number of rotatable bonds is 5. The van der Waals surface area contributed by atoms with Gasteiger partial charge in [0.05, 0.1) is 41.9 Å². The van der Waals surface area contributed by atoms with Gasteiger partial charge in [0, 0.05) is 29.5 Å². The molecular formula is C27H21N3O4. The SMILES string of the molecule is COc1ccc2c3c(n(CCc4nc5ccccc5[nH]4)c(=O)c2c1OC)-c1ccccc1C3=O. The molecular weight excluding hydrogens is 430 g/mol. The summed E-state index contributed by atoms with van der Waals surface area (Å²) in [7, 11) is 3.03. The van der Waals surface area contributed by atoms with Gasteiger partial charge in [-0.05, 0) is 24.3 Å². The van der Waals surface area contributed by atoms with Crippen LogP contribution in [0.4, 0.5) is 0 Å². The molecule has 7 heteroatoms. The van der Waals surface area contributed by atoms with Crippen LogP contribution in [0.5, 0.6) is 11.5 Å². The lowest BCUT2D eigenvalue weighted by atomic mass is 10.0. The lowest BCUT2D eigenvalue weighted by Gasteiger charge is -2.17. The van der Waals surface area contributed by atoms with Crippen molar-refractivity contribution in [1.82, 2.24) is 14.5 Å². The molecule has 0 bridgehead atoms. The number of hydrogen-bond donors (Lipinski definition) is 1. The van der Waals surface area contributed by atoms with Gasteiger partial charge in [-0.2, -0.15) is 0 Å². The molecule has 1 aliphatic rings. The third kappa shape index (κ3) is 2.80. The standard InChI is InChI=1S/C27H21N3O4/c1-33-20-12-11-17-22-24(15-7-3-4-8-16(15)25(22)31)30(27(32)23(17)26(20)34-2)14-13-21-28-18-9-5-6-10-19(18)29-21/h3-12H,13-14H2,1-2H3,(H,28,29). The molecule has 0 saturated carbocycles. The Labute approximate surface area is 194 Å². The number of fused-ring (bicyclic) bond motifs is 6. The van der Waals surface area contributed by atoms with Crippen LogP contribution in [0.1, 0.15) is 21.7 Å². The first-order valence-corrected chi connectivity index (χ1v) is 11.0. The third-order valence-electron chi connectivity index (χ3n) is 6.45. The number of pyridine rings is 1. The van der Waals surface area contributed by atoms with E-state index < -0.39 is 0 Å². The minimum absolute atomic E-state index is 0.0969. The fourth-order valence-corrected chi connectivity index (χ4v) is 4.93. The highest BCUT2D eigenvalue weighted by Gasteiger charge is 2.33. The van der Waals surface area contributed by atoms with Gasteiger partial charge in [0.25, 0.3) is 5.56 Å². The van der Waals surface area contributed by atoms with Gasteiger partial charge in [-0.25, -0.2) is 4.98 Å². The van der Waals surface area contributed by atoms with E-state index in [1.807, 2.05) is 42.5 Å². The normalized spacial score (nSPS) is 12.2. The molecule has 2 aromatic heterocycles. The summed E-state index contributed by atoms with van der Waals surface area (Å²) in [6.07, 6.45) is 0.495. The van der Waals surface area contributed by atoms with Crippen molar-refractivity contribution in [3.8, 4) is 22.8 Å². The number of para-hydroxylation sites is 2. The Kier molecular flexibility index (Phi) is 4.52. The van der Waals surface area contributed by atoms with E-state index >= 15 is 0 Å². The summed E-state index contributed by atoms with van der Waals surface area (Å²) in [4.78, 5) is 35.4. The van der Waals surface area contributed by atoms with Crippen molar-refractivity contribution in [2.24, 2.45) is 0 Å². The molecule has 7 nitrogen and oxygen atoms in total. The summed E-state index contributed by atoms with van der Waals surface area (Å²) < 4.78 is 12.7. The lowest BCUT2D eigenvalue weighted by molar-refractivity contribution is 0.104. The maximum Gasteiger partial charge on any atom is 0.262 e. The van der Waals surface area contributed by atoms with E-state index in [-0.39, 0.29) is 11.3 Å². The molecule has 0 amide bonds. The Balaban J connectivity index is 1.60. The first-order chi connectivity index (χ1) is 16.6. The smallest absolute Gasteiger partial charge is 0.262 e. The zero-order valence-electron chi connectivity index (χ0n) is 18.7. The van der Waals surface area contributed by atoms with E-state index in [2.05, 4.69) is 9.97 Å². The van der Waals surface area contributed by atoms with E-state index in [4.69, 9.17) is 9.47 Å². The number of carbonyl (C=O) groups is 1. The molecule has 0 unspecified atom stereocenters. The van der Waals surface area contributed by atoms with Crippen molar-refractivity contribution in [2.75, 3.05) is 14.2 Å². The van der Waals surface area contributed by atoms with Crippen LogP contribution in [-0.2, 0) is 13.0 Å². The van der Waals surface area contributed by atoms with Crippen molar-refractivity contribution in [2.45, 2.75) is 13.0 Å². The fourth-order valence-electron chi connectivity index (χ4n) is 4.93. The summed E-state index contributed by atoms with van der Waals surface area (Å²) in [5.74, 6) is 1.45. The van der Waals surface area contributed by atoms with Gasteiger partial charge in [-0.1, -0.05) is 36.4 Å². The van der Waals surface area contributed by atoms with Crippen molar-refractivity contribution in [1.29, 1.82) is 0 Å². The Morgan fingerprint density at radius 1 is 0.912 bits per heavy atom. The maximum absolute atomic E-state index is 13.9. The number of benzene rings is 3. The summed E-state index contributed by atoms with van der Waals surface area (Å²) in [6.45, 7) is 0.346. The number of ether oxygens (including phenoxy) is 2. The number of carbonyl (C=O) groups excluding carboxylic acids is 1. The minimum atomic E-state index is -0.231. The van der Waals surface area contributed by atoms with Crippen LogP contribution >= 0.6 is 0 Å². The van der Waals surface area contributed by atoms with E-state index in [1.165, 1.54) is 14.2 Å². The highest BCUT2D eigenvalue weighted by molar-refractivity contribution is 6.27. The number of aryl methyl sites for hydroxylation is 1. The predicted octanol–water partition coefficient (Wildman–Crippen LogP) is 4.35. The van der Waals surface area contributed by atoms with Crippen molar-refractivity contribution in [3.63, 3.8) is 0 Å². The van der Waals surface area contributed by atoms with E-state index in [0.717, 1.165) is 22.4 Å². The number of nitrogens with zero attached hydrogens (tertiary/aromatic N) is 2. The molecule has 1 aliphatic carbocycles. The number of aromatic amines is 1. The number of ketones is 1. The fraction of sp³-hybridized carbons (Fsp3) is 0.148. The number of nitrogens with one attached hydrogen (secondary N) is 1. The Morgan fingerprint density at radius 3 is 2.44 bits per heavy atom. The molecule has 0 atom stereocenters. The third-order valence-corrected chi connectivity index (χ3v) is 6.45. The highest BCUT2D eigenvalue weighted by atomic mass is 16.5. The molecule has 34 heavy (non-hydrogen) atoms. The number of imidazole rings is 1. The van der Waals surface area contributed by atoms with Crippen molar-refractivity contribution < 1.29 is 14.3 Å². The van der Waals surface area contributed by atoms with Crippen molar-refractivity contribution >= 4 is 27.6 Å². The van der Waals surface area contributed by atoms with E-state index in [9.17, 15) is 9.59 Å². The summed E-state index contributed by atoms with van der Waals surface area (Å²) in [5, 5.41) is 0.908. The second-order valence-electron chi connectivity index (χ2n) is 8.23. The van der Waals surface area contributed by atoms with E-state index in [0.29, 0.717) is 52.1 Å². The zero-order chi connectivity index (χ0) is 23.4. The Bertz CT molecular complexity index is 1650. The second-order valence-corrected chi connectivity index (χ2v) is 8.23. The van der Waals surface area contributed by atoms with Gasteiger partial charge in [0.15, 0.2) is 17.3 Å². The van der Waals surface area contributed by atoms with Gasteiger partial charge in [0.1, 0.15) is 5.82 Å². The van der Waals surface area contributed by atoms with Crippen LogP contribution in [0, 0.1) is 0 Å². The van der Waals surface area contributed by atoms with Gasteiger partial charge in [0.2, 0.25) is 0 Å². The minimum Gasteiger partial charge on any atom is -0.493 e. The molecule has 5 aromatic rings. The van der Waals surface area contributed by atoms with Crippen LogP contribution in [0.2, 0.25) is 0 Å². The highest BCUT2D eigenvalue weighted by Crippen LogP contribution is 2.43. The molecule has 0 radical (unpaired) electrons. The van der Waals surface area contributed by atoms with Crippen LogP contribution < -0.4 is 15.0 Å². The van der Waals surface area contributed by atoms with E-state index in [1.54, 1.807) is 22.8 Å².